The molecule has 1 heterocycles. The fourth-order valence-electron chi connectivity index (χ4n) is 3.45. The first-order valence-electron chi connectivity index (χ1n) is 10.2. The van der Waals surface area contributed by atoms with Crippen LogP contribution in [-0.2, 0) is 18.3 Å². The zero-order chi connectivity index (χ0) is 23.4. The average molecular weight is 435 g/mol. The van der Waals surface area contributed by atoms with Crippen molar-refractivity contribution in [3.05, 3.63) is 72.3 Å². The van der Waals surface area contributed by atoms with Gasteiger partial charge in [0.2, 0.25) is 0 Å². The van der Waals surface area contributed by atoms with Crippen molar-refractivity contribution in [2.45, 2.75) is 39.0 Å². The summed E-state index contributed by atoms with van der Waals surface area (Å²) < 4.78 is 56.2. The Morgan fingerprint density at radius 3 is 2.00 bits per heavy atom. The Morgan fingerprint density at radius 2 is 1.48 bits per heavy atom. The molecule has 6 heteroatoms. The number of H-pyrrole nitrogens is 1. The number of aromatic nitrogens is 1. The lowest BCUT2D eigenvalue weighted by molar-refractivity contribution is 0.0106. The first kappa shape index (κ1) is 24.7. The summed E-state index contributed by atoms with van der Waals surface area (Å²) in [6, 6.07) is 11.2. The molecule has 0 spiro atoms. The molecule has 0 bridgehead atoms. The minimum Gasteiger partial charge on any atom is -0.354 e. The summed E-state index contributed by atoms with van der Waals surface area (Å²) in [5.41, 5.74) is 1.94. The number of fused-ring (bicyclic) bond motifs is 1. The van der Waals surface area contributed by atoms with Gasteiger partial charge in [0.15, 0.2) is 0 Å². The van der Waals surface area contributed by atoms with Gasteiger partial charge in [0.1, 0.15) is 0 Å². The molecule has 0 atom stereocenters. The molecule has 0 aliphatic carbocycles. The lowest BCUT2D eigenvalue weighted by Crippen LogP contribution is -2.20. The van der Waals surface area contributed by atoms with Crippen LogP contribution in [0.4, 0.5) is 17.6 Å². The van der Waals surface area contributed by atoms with E-state index in [1.165, 1.54) is 12.1 Å². The molecular weight excluding hydrogens is 404 g/mol. The van der Waals surface area contributed by atoms with E-state index in [1.807, 2.05) is 31.3 Å². The number of likely N-dealkylation sites (N-methyl/N-ethyl adjacent to an activating group) is 1. The van der Waals surface area contributed by atoms with Crippen LogP contribution in [0.2, 0.25) is 0 Å². The number of aromatic amines is 1. The Morgan fingerprint density at radius 1 is 0.935 bits per heavy atom. The Kier molecular flexibility index (Phi) is 7.71. The zero-order valence-corrected chi connectivity index (χ0v) is 18.5. The van der Waals surface area contributed by atoms with Crippen molar-refractivity contribution in [1.82, 2.24) is 9.88 Å². The number of alkyl halides is 4. The predicted octanol–water partition coefficient (Wildman–Crippen LogP) is 7.35. The maximum atomic E-state index is 14.1. The second-order valence-corrected chi connectivity index (χ2v) is 7.75. The van der Waals surface area contributed by atoms with Gasteiger partial charge in [-0.1, -0.05) is 25.1 Å². The van der Waals surface area contributed by atoms with Gasteiger partial charge in [-0.25, -0.2) is 17.6 Å². The molecule has 3 rings (SSSR count). The highest BCUT2D eigenvalue weighted by molar-refractivity contribution is 5.91. The van der Waals surface area contributed by atoms with Gasteiger partial charge in [0, 0.05) is 48.1 Å². The van der Waals surface area contributed by atoms with Gasteiger partial charge in [-0.3, -0.25) is 0 Å². The van der Waals surface area contributed by atoms with Gasteiger partial charge < -0.3 is 9.88 Å². The third-order valence-corrected chi connectivity index (χ3v) is 5.33. The van der Waals surface area contributed by atoms with Crippen LogP contribution in [0.15, 0.2) is 55.6 Å². The smallest absolute Gasteiger partial charge is 0.270 e. The second-order valence-electron chi connectivity index (χ2n) is 7.75. The Bertz CT molecular complexity index is 980. The molecule has 0 saturated carbocycles. The molecule has 31 heavy (non-hydrogen) atoms. The van der Waals surface area contributed by atoms with Crippen LogP contribution < -0.4 is 0 Å². The van der Waals surface area contributed by atoms with Crippen molar-refractivity contribution >= 4 is 10.9 Å². The third-order valence-electron chi connectivity index (χ3n) is 5.33. The molecule has 3 aromatic rings. The standard InChI is InChI=1S/C23H26F4N2.C2H4/c1-5-29(4)11-10-19-18-8-6-7-9-20(18)28-21(19)15-12-16(22(2,24)25)14-17(13-15)23(3,26)27;1-2/h6-9,12-14,28H,5,10-11H2,1-4H3;1-2H2. The second kappa shape index (κ2) is 9.69. The highest BCUT2D eigenvalue weighted by Gasteiger charge is 2.31. The maximum Gasteiger partial charge on any atom is 0.270 e. The van der Waals surface area contributed by atoms with Crippen molar-refractivity contribution < 1.29 is 17.6 Å². The van der Waals surface area contributed by atoms with E-state index in [-0.39, 0.29) is 0 Å². The van der Waals surface area contributed by atoms with Crippen LogP contribution >= 0.6 is 0 Å². The molecule has 2 aromatic carbocycles. The maximum absolute atomic E-state index is 14.1. The largest absolute Gasteiger partial charge is 0.354 e. The van der Waals surface area contributed by atoms with Crippen LogP contribution in [0.1, 0.15) is 37.5 Å². The summed E-state index contributed by atoms with van der Waals surface area (Å²) in [5, 5.41) is 0.977. The summed E-state index contributed by atoms with van der Waals surface area (Å²) in [5.74, 6) is -6.44. The number of para-hydroxylation sites is 1. The molecule has 0 radical (unpaired) electrons. The number of nitrogens with zero attached hydrogens (tertiary/aromatic N) is 1. The topological polar surface area (TPSA) is 19.0 Å². The van der Waals surface area contributed by atoms with E-state index in [9.17, 15) is 17.6 Å². The molecule has 2 nitrogen and oxygen atoms in total. The fourth-order valence-corrected chi connectivity index (χ4v) is 3.45. The summed E-state index contributed by atoms with van der Waals surface area (Å²) in [7, 11) is 2.00. The molecule has 0 amide bonds. The van der Waals surface area contributed by atoms with E-state index >= 15 is 0 Å². The first-order valence-corrected chi connectivity index (χ1v) is 10.2. The van der Waals surface area contributed by atoms with Gasteiger partial charge in [-0.05, 0) is 55.4 Å². The van der Waals surface area contributed by atoms with Crippen molar-refractivity contribution in [3.63, 3.8) is 0 Å². The van der Waals surface area contributed by atoms with E-state index in [1.54, 1.807) is 0 Å². The van der Waals surface area contributed by atoms with Gasteiger partial charge in [-0.15, -0.1) is 13.2 Å². The highest BCUT2D eigenvalue weighted by atomic mass is 19.3. The van der Waals surface area contributed by atoms with E-state index < -0.39 is 23.0 Å². The minimum absolute atomic E-state index is 0.353. The van der Waals surface area contributed by atoms with Crippen LogP contribution in [0.25, 0.3) is 22.2 Å². The SMILES string of the molecule is C=C.CCN(C)CCc1c(-c2cc(C(C)(F)F)cc(C(C)(F)F)c2)[nH]c2ccccc12. The van der Waals surface area contributed by atoms with Crippen LogP contribution in [0, 0.1) is 0 Å². The van der Waals surface area contributed by atoms with Crippen molar-refractivity contribution in [1.29, 1.82) is 0 Å². The van der Waals surface area contributed by atoms with Crippen molar-refractivity contribution in [2.75, 3.05) is 20.1 Å². The summed E-state index contributed by atoms with van der Waals surface area (Å²) in [6.07, 6.45) is 0.675. The molecule has 0 unspecified atom stereocenters. The summed E-state index contributed by atoms with van der Waals surface area (Å²) in [4.78, 5) is 5.42. The Hall–Kier alpha value is -2.60. The quantitative estimate of drug-likeness (QED) is 0.304. The molecule has 0 saturated heterocycles. The molecule has 168 valence electrons. The van der Waals surface area contributed by atoms with Crippen molar-refractivity contribution in [2.24, 2.45) is 0 Å². The third kappa shape index (κ3) is 5.76. The molecular formula is C25H30F4N2. The van der Waals surface area contributed by atoms with Gasteiger partial charge >= 0.3 is 0 Å². The predicted molar refractivity (Wildman–Crippen MR) is 121 cm³/mol. The number of halogens is 4. The van der Waals surface area contributed by atoms with Crippen LogP contribution in [0.5, 0.6) is 0 Å². The molecule has 0 aliphatic rings. The van der Waals surface area contributed by atoms with Crippen LogP contribution in [0.3, 0.4) is 0 Å². The van der Waals surface area contributed by atoms with E-state index in [2.05, 4.69) is 30.0 Å². The number of hydrogen-bond donors (Lipinski definition) is 1. The molecule has 1 N–H and O–H groups in total. The van der Waals surface area contributed by atoms with Gasteiger partial charge in [0.05, 0.1) is 0 Å². The number of benzene rings is 2. The first-order chi connectivity index (χ1) is 14.5. The van der Waals surface area contributed by atoms with Crippen LogP contribution in [-0.4, -0.2) is 30.0 Å². The van der Waals surface area contributed by atoms with Gasteiger partial charge in [0.25, 0.3) is 11.8 Å². The number of nitrogens with one attached hydrogen (secondary N) is 1. The molecule has 0 aliphatic heterocycles. The lowest BCUT2D eigenvalue weighted by atomic mass is 9.95. The Labute approximate surface area is 181 Å². The number of hydrogen-bond acceptors (Lipinski definition) is 1. The summed E-state index contributed by atoms with van der Waals surface area (Å²) >= 11 is 0. The van der Waals surface area contributed by atoms with E-state index in [0.29, 0.717) is 17.7 Å². The van der Waals surface area contributed by atoms with E-state index in [4.69, 9.17) is 0 Å². The number of rotatable bonds is 7. The molecule has 1 aromatic heterocycles. The monoisotopic (exact) mass is 434 g/mol. The average Bonchev–Trinajstić information content (AvgIpc) is 3.10. The lowest BCUT2D eigenvalue weighted by Gasteiger charge is -2.19. The molecule has 0 fully saturated rings. The highest BCUT2D eigenvalue weighted by Crippen LogP contribution is 2.39. The Balaban J connectivity index is 0.00000166. The zero-order valence-electron chi connectivity index (χ0n) is 18.5. The fraction of sp³-hybridized carbons (Fsp3) is 0.360. The minimum atomic E-state index is -3.22. The normalized spacial score (nSPS) is 12.2. The van der Waals surface area contributed by atoms with Crippen molar-refractivity contribution in [3.8, 4) is 11.3 Å². The van der Waals surface area contributed by atoms with Gasteiger partial charge in [-0.2, -0.15) is 0 Å². The summed E-state index contributed by atoms with van der Waals surface area (Å²) in [6.45, 7) is 11.2. The van der Waals surface area contributed by atoms with E-state index in [0.717, 1.165) is 49.5 Å².